The first-order chi connectivity index (χ1) is 7.63. The Hall–Kier alpha value is -0.190. The van der Waals surface area contributed by atoms with Crippen LogP contribution < -0.4 is 10.2 Å². The van der Waals surface area contributed by atoms with Crippen molar-refractivity contribution in [2.45, 2.75) is 17.9 Å². The Bertz CT molecular complexity index is 395. The molecule has 1 aromatic rings. The van der Waals surface area contributed by atoms with Crippen LogP contribution in [0.15, 0.2) is 21.5 Å². The van der Waals surface area contributed by atoms with E-state index in [1.54, 1.807) is 0 Å². The summed E-state index contributed by atoms with van der Waals surface area (Å²) < 4.78 is 1.21. The van der Waals surface area contributed by atoms with Crippen molar-refractivity contribution in [3.8, 4) is 0 Å². The topological polar surface area (TPSA) is 15.3 Å². The summed E-state index contributed by atoms with van der Waals surface area (Å²) in [6.07, 6.45) is 0. The molecule has 0 aliphatic carbocycles. The Morgan fingerprint density at radius 2 is 2.31 bits per heavy atom. The molecular weight excluding hydrogens is 284 g/mol. The molecule has 1 heterocycles. The van der Waals surface area contributed by atoms with Crippen molar-refractivity contribution >= 4 is 33.4 Å². The molecule has 0 bridgehead atoms. The van der Waals surface area contributed by atoms with Crippen LogP contribution in [0, 0.1) is 6.92 Å². The van der Waals surface area contributed by atoms with E-state index >= 15 is 0 Å². The van der Waals surface area contributed by atoms with Crippen LogP contribution in [0.4, 0.5) is 5.69 Å². The van der Waals surface area contributed by atoms with Gasteiger partial charge in [0, 0.05) is 28.7 Å². The zero-order chi connectivity index (χ0) is 11.7. The summed E-state index contributed by atoms with van der Waals surface area (Å²) in [6.45, 7) is 3.18. The number of benzene rings is 1. The third-order valence-corrected chi connectivity index (χ3v) is 4.72. The van der Waals surface area contributed by atoms with Gasteiger partial charge in [0.25, 0.3) is 0 Å². The molecule has 1 unspecified atom stereocenters. The van der Waals surface area contributed by atoms with Gasteiger partial charge in [-0.2, -0.15) is 0 Å². The summed E-state index contributed by atoms with van der Waals surface area (Å²) in [7, 11) is 4.19. The van der Waals surface area contributed by atoms with Crippen molar-refractivity contribution in [3.63, 3.8) is 0 Å². The lowest BCUT2D eigenvalue weighted by Gasteiger charge is -2.36. The maximum atomic E-state index is 3.68. The number of anilines is 1. The maximum Gasteiger partial charge on any atom is 0.0649 e. The highest BCUT2D eigenvalue weighted by molar-refractivity contribution is 9.10. The fraction of sp³-hybridized carbons (Fsp3) is 0.500. The van der Waals surface area contributed by atoms with Crippen LogP contribution in [0.1, 0.15) is 5.56 Å². The van der Waals surface area contributed by atoms with Crippen molar-refractivity contribution in [3.05, 3.63) is 22.2 Å². The molecular formula is C12H17BrN2S. The van der Waals surface area contributed by atoms with Gasteiger partial charge in [0.2, 0.25) is 0 Å². The molecule has 0 aromatic heterocycles. The number of hydrogen-bond acceptors (Lipinski definition) is 3. The number of halogens is 1. The molecule has 0 spiro atoms. The van der Waals surface area contributed by atoms with Crippen LogP contribution in [0.5, 0.6) is 0 Å². The summed E-state index contributed by atoms with van der Waals surface area (Å²) in [5, 5.41) is 3.26. The number of likely N-dealkylation sites (N-methyl/N-ethyl adjacent to an activating group) is 2. The Kier molecular flexibility index (Phi) is 3.82. The lowest BCUT2D eigenvalue weighted by molar-refractivity contribution is 0.628. The highest BCUT2D eigenvalue weighted by atomic mass is 79.9. The number of thioether (sulfide) groups is 1. The van der Waals surface area contributed by atoms with Gasteiger partial charge in [0.05, 0.1) is 11.7 Å². The first-order valence-electron chi connectivity index (χ1n) is 5.44. The second-order valence-corrected chi connectivity index (χ2v) is 6.14. The van der Waals surface area contributed by atoms with Gasteiger partial charge in [-0.3, -0.25) is 0 Å². The molecule has 0 fully saturated rings. The number of hydrogen-bond donors (Lipinski definition) is 1. The molecule has 1 aliphatic rings. The van der Waals surface area contributed by atoms with Crippen molar-refractivity contribution < 1.29 is 0 Å². The first kappa shape index (κ1) is 12.3. The molecule has 16 heavy (non-hydrogen) atoms. The molecule has 0 saturated carbocycles. The van der Waals surface area contributed by atoms with Gasteiger partial charge >= 0.3 is 0 Å². The van der Waals surface area contributed by atoms with Gasteiger partial charge < -0.3 is 10.2 Å². The molecule has 2 nitrogen and oxygen atoms in total. The van der Waals surface area contributed by atoms with Crippen LogP contribution in [0.2, 0.25) is 0 Å². The SMILES string of the molecule is CNCC1CSc2cc(C)cc(Br)c2N1C. The van der Waals surface area contributed by atoms with Gasteiger partial charge in [-0.25, -0.2) is 0 Å². The zero-order valence-electron chi connectivity index (χ0n) is 9.88. The number of rotatable bonds is 2. The minimum Gasteiger partial charge on any atom is -0.368 e. The second-order valence-electron chi connectivity index (χ2n) is 4.23. The minimum absolute atomic E-state index is 0.571. The van der Waals surface area contributed by atoms with Crippen LogP contribution in [0.3, 0.4) is 0 Å². The van der Waals surface area contributed by atoms with E-state index in [-0.39, 0.29) is 0 Å². The first-order valence-corrected chi connectivity index (χ1v) is 7.21. The molecule has 0 radical (unpaired) electrons. The quantitative estimate of drug-likeness (QED) is 0.904. The average molecular weight is 301 g/mol. The Morgan fingerprint density at radius 3 is 3.00 bits per heavy atom. The molecule has 1 atom stereocenters. The standard InChI is InChI=1S/C12H17BrN2S/c1-8-4-10(13)12-11(5-8)16-7-9(6-14-2)15(12)3/h4-5,9,14H,6-7H2,1-3H3. The highest BCUT2D eigenvalue weighted by Crippen LogP contribution is 2.42. The third kappa shape index (κ3) is 2.24. The Balaban J connectivity index is 2.36. The van der Waals surface area contributed by atoms with E-state index in [0.29, 0.717) is 6.04 Å². The van der Waals surface area contributed by atoms with Gasteiger partial charge in [0.15, 0.2) is 0 Å². The predicted molar refractivity (Wildman–Crippen MR) is 75.7 cm³/mol. The van der Waals surface area contributed by atoms with Crippen LogP contribution in [-0.4, -0.2) is 32.4 Å². The summed E-state index contributed by atoms with van der Waals surface area (Å²) in [4.78, 5) is 3.77. The fourth-order valence-corrected chi connectivity index (χ4v) is 4.43. The number of nitrogens with one attached hydrogen (secondary N) is 1. The Labute approximate surface area is 110 Å². The van der Waals surface area contributed by atoms with E-state index in [9.17, 15) is 0 Å². The van der Waals surface area contributed by atoms with E-state index in [1.165, 1.54) is 20.6 Å². The predicted octanol–water partition coefficient (Wildman–Crippen LogP) is 2.89. The van der Waals surface area contributed by atoms with Crippen molar-refractivity contribution in [2.24, 2.45) is 0 Å². The average Bonchev–Trinajstić information content (AvgIpc) is 2.21. The molecule has 4 heteroatoms. The second kappa shape index (κ2) is 4.98. The molecule has 1 aliphatic heterocycles. The number of aryl methyl sites for hydroxylation is 1. The lowest BCUT2D eigenvalue weighted by Crippen LogP contribution is -2.43. The minimum atomic E-state index is 0.571. The summed E-state index contributed by atoms with van der Waals surface area (Å²) in [6, 6.07) is 5.04. The fourth-order valence-electron chi connectivity index (χ4n) is 2.07. The van der Waals surface area contributed by atoms with Crippen LogP contribution in [-0.2, 0) is 0 Å². The van der Waals surface area contributed by atoms with E-state index < -0.39 is 0 Å². The van der Waals surface area contributed by atoms with Gasteiger partial charge in [-0.1, -0.05) is 0 Å². The zero-order valence-corrected chi connectivity index (χ0v) is 12.3. The normalized spacial score (nSPS) is 19.8. The summed E-state index contributed by atoms with van der Waals surface area (Å²) in [5.41, 5.74) is 2.65. The monoisotopic (exact) mass is 300 g/mol. The highest BCUT2D eigenvalue weighted by Gasteiger charge is 2.25. The molecule has 0 amide bonds. The van der Waals surface area contributed by atoms with E-state index in [2.05, 4.69) is 52.3 Å². The Morgan fingerprint density at radius 1 is 1.56 bits per heavy atom. The van der Waals surface area contributed by atoms with Crippen molar-refractivity contribution in [1.82, 2.24) is 5.32 Å². The van der Waals surface area contributed by atoms with Gasteiger partial charge in [-0.15, -0.1) is 11.8 Å². The third-order valence-electron chi connectivity index (χ3n) is 2.94. The lowest BCUT2D eigenvalue weighted by atomic mass is 10.2. The largest absolute Gasteiger partial charge is 0.368 e. The summed E-state index contributed by atoms with van der Waals surface area (Å²) >= 11 is 5.63. The number of nitrogens with zero attached hydrogens (tertiary/aromatic N) is 1. The summed E-state index contributed by atoms with van der Waals surface area (Å²) in [5.74, 6) is 1.15. The van der Waals surface area contributed by atoms with E-state index in [0.717, 1.165) is 12.3 Å². The molecule has 2 rings (SSSR count). The molecule has 88 valence electrons. The number of fused-ring (bicyclic) bond motifs is 1. The molecule has 1 aromatic carbocycles. The molecule has 1 N–H and O–H groups in total. The molecule has 0 saturated heterocycles. The maximum absolute atomic E-state index is 3.68. The van der Waals surface area contributed by atoms with E-state index in [1.807, 2.05) is 18.8 Å². The van der Waals surface area contributed by atoms with Crippen molar-refractivity contribution in [2.75, 3.05) is 31.3 Å². The van der Waals surface area contributed by atoms with Crippen LogP contribution in [0.25, 0.3) is 0 Å². The van der Waals surface area contributed by atoms with Gasteiger partial charge in [-0.05, 0) is 47.6 Å². The van der Waals surface area contributed by atoms with Crippen LogP contribution >= 0.6 is 27.7 Å². The van der Waals surface area contributed by atoms with Crippen molar-refractivity contribution in [1.29, 1.82) is 0 Å². The smallest absolute Gasteiger partial charge is 0.0649 e. The van der Waals surface area contributed by atoms with E-state index in [4.69, 9.17) is 0 Å². The van der Waals surface area contributed by atoms with Gasteiger partial charge in [0.1, 0.15) is 0 Å².